The van der Waals surface area contributed by atoms with Crippen molar-refractivity contribution in [2.75, 3.05) is 12.3 Å². The van der Waals surface area contributed by atoms with Crippen molar-refractivity contribution in [1.82, 2.24) is 0 Å². The van der Waals surface area contributed by atoms with Gasteiger partial charge in [-0.15, -0.1) is 11.3 Å². The Morgan fingerprint density at radius 3 is 3.07 bits per heavy atom. The monoisotopic (exact) mass is 319 g/mol. The predicted octanol–water partition coefficient (Wildman–Crippen LogP) is 3.49. The van der Waals surface area contributed by atoms with Gasteiger partial charge >= 0.3 is 0 Å². The number of thiophene rings is 1. The largest absolute Gasteiger partial charge is 0.491 e. The Bertz CT molecular complexity index is 466. The molecular weight excluding hydrogens is 309 g/mol. The number of ether oxygens (including phenoxy) is 1. The number of rotatable bonds is 2. The quantitative estimate of drug-likeness (QED) is 0.679. The molecule has 2 nitrogen and oxygen atoms in total. The molecule has 0 fully saturated rings. The van der Waals surface area contributed by atoms with E-state index in [4.69, 9.17) is 10.5 Å². The minimum Gasteiger partial charge on any atom is -0.491 e. The highest BCUT2D eigenvalue weighted by Gasteiger charge is 2.10. The number of hydrogen-bond donors (Lipinski definition) is 1. The van der Waals surface area contributed by atoms with Gasteiger partial charge in [0.05, 0.1) is 15.9 Å². The summed E-state index contributed by atoms with van der Waals surface area (Å²) in [6, 6.07) is 4.15. The number of nitrogen functional groups attached to an aromatic ring is 1. The molecule has 0 bridgehead atoms. The van der Waals surface area contributed by atoms with E-state index in [1.165, 1.54) is 4.70 Å². The summed E-state index contributed by atoms with van der Waals surface area (Å²) in [5.74, 6) is 0.819. The molecule has 4 heteroatoms. The maximum atomic E-state index is 6.03. The molecule has 0 radical (unpaired) electrons. The first-order valence-corrected chi connectivity index (χ1v) is 6.28. The molecule has 74 valence electrons. The molecule has 2 aromatic rings. The number of fused-ring (bicyclic) bond motifs is 1. The highest BCUT2D eigenvalue weighted by atomic mass is 127. The Balaban J connectivity index is 2.69. The van der Waals surface area contributed by atoms with E-state index in [9.17, 15) is 0 Å². The number of nitrogens with two attached hydrogens (primary N) is 1. The van der Waals surface area contributed by atoms with Gasteiger partial charge < -0.3 is 10.5 Å². The first-order chi connectivity index (χ1) is 6.74. The van der Waals surface area contributed by atoms with Crippen molar-refractivity contribution in [3.63, 3.8) is 0 Å². The van der Waals surface area contributed by atoms with Crippen molar-refractivity contribution < 1.29 is 4.74 Å². The molecule has 0 saturated heterocycles. The van der Waals surface area contributed by atoms with Crippen LogP contribution in [0.1, 0.15) is 6.92 Å². The molecule has 0 aliphatic heterocycles. The Hall–Kier alpha value is -0.490. The average molecular weight is 319 g/mol. The lowest BCUT2D eigenvalue weighted by Crippen LogP contribution is -1.99. The minimum absolute atomic E-state index is 0.649. The second-order valence-electron chi connectivity index (χ2n) is 2.87. The van der Waals surface area contributed by atoms with E-state index in [1.54, 1.807) is 11.3 Å². The van der Waals surface area contributed by atoms with Gasteiger partial charge in [-0.3, -0.25) is 0 Å². The number of hydrogen-bond acceptors (Lipinski definition) is 3. The molecule has 1 aromatic heterocycles. The maximum absolute atomic E-state index is 6.03. The Morgan fingerprint density at radius 1 is 1.57 bits per heavy atom. The summed E-state index contributed by atoms with van der Waals surface area (Å²) in [4.78, 5) is 0. The van der Waals surface area contributed by atoms with E-state index in [-0.39, 0.29) is 0 Å². The Morgan fingerprint density at radius 2 is 2.36 bits per heavy atom. The van der Waals surface area contributed by atoms with E-state index in [1.807, 2.05) is 18.4 Å². The van der Waals surface area contributed by atoms with Gasteiger partial charge in [0.1, 0.15) is 0 Å². The van der Waals surface area contributed by atoms with Gasteiger partial charge in [0.25, 0.3) is 0 Å². The van der Waals surface area contributed by atoms with Crippen molar-refractivity contribution in [3.8, 4) is 5.75 Å². The Kier molecular flexibility index (Phi) is 2.83. The molecule has 0 unspecified atom stereocenters. The van der Waals surface area contributed by atoms with Crippen LogP contribution in [0.25, 0.3) is 10.1 Å². The zero-order valence-corrected chi connectivity index (χ0v) is 10.7. The van der Waals surface area contributed by atoms with Crippen LogP contribution >= 0.6 is 33.9 Å². The highest BCUT2D eigenvalue weighted by molar-refractivity contribution is 14.1. The van der Waals surface area contributed by atoms with Crippen molar-refractivity contribution in [2.24, 2.45) is 0 Å². The summed E-state index contributed by atoms with van der Waals surface area (Å²) in [7, 11) is 0. The zero-order chi connectivity index (χ0) is 10.1. The molecule has 0 aliphatic rings. The lowest BCUT2D eigenvalue weighted by Gasteiger charge is -2.09. The fourth-order valence-electron chi connectivity index (χ4n) is 1.38. The van der Waals surface area contributed by atoms with Gasteiger partial charge in [-0.2, -0.15) is 0 Å². The van der Waals surface area contributed by atoms with Crippen molar-refractivity contribution in [2.45, 2.75) is 6.92 Å². The van der Waals surface area contributed by atoms with Crippen LogP contribution in [0.4, 0.5) is 5.69 Å². The van der Waals surface area contributed by atoms with E-state index < -0.39 is 0 Å². The highest BCUT2D eigenvalue weighted by Crippen LogP contribution is 2.37. The van der Waals surface area contributed by atoms with Crippen molar-refractivity contribution in [3.05, 3.63) is 21.1 Å². The summed E-state index contributed by atoms with van der Waals surface area (Å²) in [6.07, 6.45) is 0. The molecule has 14 heavy (non-hydrogen) atoms. The lowest BCUT2D eigenvalue weighted by atomic mass is 10.2. The maximum Gasteiger partial charge on any atom is 0.156 e. The van der Waals surface area contributed by atoms with Crippen molar-refractivity contribution >= 4 is 49.7 Å². The SMILES string of the molecule is CCOc1c(I)cc2sccc2c1N. The fraction of sp³-hybridized carbons (Fsp3) is 0.200. The van der Waals surface area contributed by atoms with Crippen molar-refractivity contribution in [1.29, 1.82) is 0 Å². The van der Waals surface area contributed by atoms with Crippen LogP contribution in [0.3, 0.4) is 0 Å². The summed E-state index contributed by atoms with van der Waals surface area (Å²) in [5, 5.41) is 3.14. The molecule has 0 saturated carbocycles. The van der Waals surface area contributed by atoms with Gasteiger partial charge in [0, 0.05) is 10.1 Å². The van der Waals surface area contributed by atoms with Gasteiger partial charge in [-0.05, 0) is 47.0 Å². The van der Waals surface area contributed by atoms with Crippen LogP contribution in [0.15, 0.2) is 17.5 Å². The Labute approximate surface area is 100 Å². The minimum atomic E-state index is 0.649. The van der Waals surface area contributed by atoms with E-state index in [2.05, 4.69) is 28.7 Å². The third-order valence-electron chi connectivity index (χ3n) is 1.99. The molecule has 1 heterocycles. The van der Waals surface area contributed by atoms with Crippen LogP contribution in [-0.4, -0.2) is 6.61 Å². The fourth-order valence-corrected chi connectivity index (χ4v) is 3.19. The first kappa shape index (κ1) is 10.0. The molecule has 2 N–H and O–H groups in total. The second-order valence-corrected chi connectivity index (χ2v) is 4.98. The molecule has 1 aromatic carbocycles. The van der Waals surface area contributed by atoms with Crippen LogP contribution in [-0.2, 0) is 0 Å². The lowest BCUT2D eigenvalue weighted by molar-refractivity contribution is 0.340. The van der Waals surface area contributed by atoms with E-state index in [0.717, 1.165) is 20.4 Å². The van der Waals surface area contributed by atoms with Crippen LogP contribution < -0.4 is 10.5 Å². The topological polar surface area (TPSA) is 35.2 Å². The third kappa shape index (κ3) is 1.56. The predicted molar refractivity (Wildman–Crippen MR) is 70.1 cm³/mol. The molecule has 0 amide bonds. The van der Waals surface area contributed by atoms with Crippen LogP contribution in [0.5, 0.6) is 5.75 Å². The summed E-state index contributed by atoms with van der Waals surface area (Å²) < 4.78 is 7.82. The summed E-state index contributed by atoms with van der Waals surface area (Å²) >= 11 is 3.96. The van der Waals surface area contributed by atoms with E-state index in [0.29, 0.717) is 6.61 Å². The van der Waals surface area contributed by atoms with E-state index >= 15 is 0 Å². The first-order valence-electron chi connectivity index (χ1n) is 4.32. The third-order valence-corrected chi connectivity index (χ3v) is 3.66. The normalized spacial score (nSPS) is 10.7. The summed E-state index contributed by atoms with van der Waals surface area (Å²) in [5.41, 5.74) is 6.79. The molecule has 0 spiro atoms. The second kappa shape index (κ2) is 3.94. The number of halogens is 1. The van der Waals surface area contributed by atoms with Gasteiger partial charge in [0.2, 0.25) is 0 Å². The zero-order valence-electron chi connectivity index (χ0n) is 7.71. The smallest absolute Gasteiger partial charge is 0.156 e. The van der Waals surface area contributed by atoms with Gasteiger partial charge in [-0.25, -0.2) is 0 Å². The number of benzene rings is 1. The van der Waals surface area contributed by atoms with Gasteiger partial charge in [-0.1, -0.05) is 0 Å². The average Bonchev–Trinajstić information content (AvgIpc) is 2.60. The summed E-state index contributed by atoms with van der Waals surface area (Å²) in [6.45, 7) is 2.61. The molecular formula is C10H10INOS. The number of anilines is 1. The van der Waals surface area contributed by atoms with Crippen LogP contribution in [0.2, 0.25) is 0 Å². The molecule has 0 atom stereocenters. The standard InChI is InChI=1S/C10H10INOS/c1-2-13-10-7(11)5-8-6(9(10)12)3-4-14-8/h3-5H,2,12H2,1H3. The molecule has 2 rings (SSSR count). The van der Waals surface area contributed by atoms with Gasteiger partial charge in [0.15, 0.2) is 5.75 Å². The molecule has 0 aliphatic carbocycles. The van der Waals surface area contributed by atoms with Crippen LogP contribution in [0, 0.1) is 3.57 Å².